The maximum atomic E-state index is 13.3. The van der Waals surface area contributed by atoms with Crippen LogP contribution >= 0.6 is 11.3 Å². The number of anilines is 2. The van der Waals surface area contributed by atoms with Crippen LogP contribution in [0.5, 0.6) is 11.5 Å². The zero-order valence-corrected chi connectivity index (χ0v) is 21.7. The van der Waals surface area contributed by atoms with E-state index in [4.69, 9.17) is 9.47 Å². The molecule has 0 atom stereocenters. The van der Waals surface area contributed by atoms with Gasteiger partial charge in [0.25, 0.3) is 15.9 Å². The minimum atomic E-state index is -3.85. The topological polar surface area (TPSA) is 84.9 Å². The fourth-order valence-electron chi connectivity index (χ4n) is 3.62. The van der Waals surface area contributed by atoms with Gasteiger partial charge < -0.3 is 14.8 Å². The molecule has 182 valence electrons. The van der Waals surface area contributed by atoms with Gasteiger partial charge in [-0.15, -0.1) is 11.3 Å². The quantitative estimate of drug-likeness (QED) is 0.349. The largest absolute Gasteiger partial charge is 0.493 e. The molecular weight excluding hydrogens is 484 g/mol. The third kappa shape index (κ3) is 4.82. The van der Waals surface area contributed by atoms with Gasteiger partial charge in [-0.3, -0.25) is 9.10 Å². The van der Waals surface area contributed by atoms with Crippen LogP contribution in [0.1, 0.15) is 20.8 Å². The van der Waals surface area contributed by atoms with Crippen molar-refractivity contribution in [2.45, 2.75) is 18.7 Å². The van der Waals surface area contributed by atoms with E-state index in [9.17, 15) is 13.2 Å². The molecule has 1 amide bonds. The molecule has 0 radical (unpaired) electrons. The van der Waals surface area contributed by atoms with Gasteiger partial charge in [-0.25, -0.2) is 8.42 Å². The van der Waals surface area contributed by atoms with E-state index in [2.05, 4.69) is 5.32 Å². The van der Waals surface area contributed by atoms with Crippen molar-refractivity contribution in [2.75, 3.05) is 30.9 Å². The number of rotatable bonds is 7. The number of hydrogen-bond donors (Lipinski definition) is 1. The number of carbonyl (C=O) groups is 1. The average Bonchev–Trinajstić information content (AvgIpc) is 3.29. The highest BCUT2D eigenvalue weighted by atomic mass is 32.2. The number of fused-ring (bicyclic) bond motifs is 1. The second-order valence-corrected chi connectivity index (χ2v) is 11.1. The molecule has 0 fully saturated rings. The molecule has 7 nitrogen and oxygen atoms in total. The lowest BCUT2D eigenvalue weighted by molar-refractivity contribution is 0.103. The molecule has 4 rings (SSSR count). The van der Waals surface area contributed by atoms with E-state index >= 15 is 0 Å². The zero-order chi connectivity index (χ0) is 25.3. The molecule has 0 aliphatic heterocycles. The maximum Gasteiger partial charge on any atom is 0.265 e. The lowest BCUT2D eigenvalue weighted by Crippen LogP contribution is -2.26. The van der Waals surface area contributed by atoms with Gasteiger partial charge in [0.2, 0.25) is 0 Å². The number of hydrogen-bond acceptors (Lipinski definition) is 6. The van der Waals surface area contributed by atoms with Gasteiger partial charge in [-0.05, 0) is 78.9 Å². The van der Waals surface area contributed by atoms with Crippen LogP contribution in [0.2, 0.25) is 0 Å². The van der Waals surface area contributed by atoms with Crippen LogP contribution in [-0.4, -0.2) is 35.6 Å². The first-order valence-electron chi connectivity index (χ1n) is 10.8. The summed E-state index contributed by atoms with van der Waals surface area (Å²) in [4.78, 5) is 13.4. The number of ether oxygens (including phenoxy) is 2. The predicted octanol–water partition coefficient (Wildman–Crippen LogP) is 5.61. The van der Waals surface area contributed by atoms with Gasteiger partial charge >= 0.3 is 0 Å². The minimum Gasteiger partial charge on any atom is -0.493 e. The van der Waals surface area contributed by atoms with Crippen LogP contribution in [0.3, 0.4) is 0 Å². The first kappa shape index (κ1) is 24.6. The zero-order valence-electron chi connectivity index (χ0n) is 20.1. The smallest absolute Gasteiger partial charge is 0.265 e. The second kappa shape index (κ2) is 9.59. The van der Waals surface area contributed by atoms with Crippen LogP contribution in [0.4, 0.5) is 11.4 Å². The predicted molar refractivity (Wildman–Crippen MR) is 141 cm³/mol. The molecule has 4 aromatic rings. The van der Waals surface area contributed by atoms with E-state index in [0.717, 1.165) is 26.9 Å². The minimum absolute atomic E-state index is 0.0801. The first-order valence-corrected chi connectivity index (χ1v) is 13.0. The van der Waals surface area contributed by atoms with Gasteiger partial charge in [0.05, 0.1) is 29.7 Å². The van der Waals surface area contributed by atoms with Crippen LogP contribution in [0.15, 0.2) is 65.6 Å². The fraction of sp³-hybridized carbons (Fsp3) is 0.192. The Morgan fingerprint density at radius 1 is 0.886 bits per heavy atom. The Morgan fingerprint density at radius 2 is 1.63 bits per heavy atom. The molecule has 0 aliphatic rings. The Balaban J connectivity index is 1.61. The summed E-state index contributed by atoms with van der Waals surface area (Å²) in [5.41, 5.74) is 3.47. The number of nitrogens with one attached hydrogen (secondary N) is 1. The third-order valence-electron chi connectivity index (χ3n) is 5.87. The van der Waals surface area contributed by atoms with E-state index in [-0.39, 0.29) is 10.8 Å². The summed E-state index contributed by atoms with van der Waals surface area (Å²) in [6.07, 6.45) is 0. The van der Waals surface area contributed by atoms with Gasteiger partial charge in [0.1, 0.15) is 0 Å². The highest BCUT2D eigenvalue weighted by molar-refractivity contribution is 7.92. The Hall–Kier alpha value is -3.56. The van der Waals surface area contributed by atoms with Crippen LogP contribution in [-0.2, 0) is 10.0 Å². The van der Waals surface area contributed by atoms with Gasteiger partial charge in [0, 0.05) is 23.5 Å². The number of carbonyl (C=O) groups excluding carboxylic acids is 1. The van der Waals surface area contributed by atoms with Crippen molar-refractivity contribution in [3.05, 3.63) is 76.7 Å². The van der Waals surface area contributed by atoms with Crippen molar-refractivity contribution < 1.29 is 22.7 Å². The molecule has 1 aromatic heterocycles. The Bertz CT molecular complexity index is 1530. The summed E-state index contributed by atoms with van der Waals surface area (Å²) in [7, 11) is 0.584. The summed E-state index contributed by atoms with van der Waals surface area (Å²) in [5.74, 6) is 0.567. The molecule has 35 heavy (non-hydrogen) atoms. The number of sulfonamides is 1. The molecule has 1 N–H and O–H groups in total. The number of benzene rings is 3. The van der Waals surface area contributed by atoms with Crippen molar-refractivity contribution in [1.82, 2.24) is 0 Å². The summed E-state index contributed by atoms with van der Waals surface area (Å²) in [6, 6.07) is 17.3. The summed E-state index contributed by atoms with van der Waals surface area (Å²) < 4.78 is 39.1. The summed E-state index contributed by atoms with van der Waals surface area (Å²) >= 11 is 1.35. The van der Waals surface area contributed by atoms with Gasteiger partial charge in [-0.1, -0.05) is 6.07 Å². The van der Waals surface area contributed by atoms with Gasteiger partial charge in [-0.2, -0.15) is 0 Å². The molecule has 0 aliphatic carbocycles. The maximum absolute atomic E-state index is 13.3. The van der Waals surface area contributed by atoms with Crippen molar-refractivity contribution in [3.63, 3.8) is 0 Å². The van der Waals surface area contributed by atoms with E-state index in [1.54, 1.807) is 24.3 Å². The number of aryl methyl sites for hydroxylation is 2. The lowest BCUT2D eigenvalue weighted by atomic mass is 10.1. The van der Waals surface area contributed by atoms with E-state index < -0.39 is 10.0 Å². The van der Waals surface area contributed by atoms with Crippen molar-refractivity contribution >= 4 is 48.7 Å². The van der Waals surface area contributed by atoms with Crippen molar-refractivity contribution in [2.24, 2.45) is 0 Å². The van der Waals surface area contributed by atoms with Crippen molar-refractivity contribution in [3.8, 4) is 11.5 Å². The van der Waals surface area contributed by atoms with Crippen molar-refractivity contribution in [1.29, 1.82) is 0 Å². The molecule has 0 saturated carbocycles. The van der Waals surface area contributed by atoms with E-state index in [1.165, 1.54) is 49.0 Å². The molecule has 3 aromatic carbocycles. The average molecular weight is 511 g/mol. The molecule has 1 heterocycles. The molecule has 0 unspecified atom stereocenters. The summed E-state index contributed by atoms with van der Waals surface area (Å²) in [5, 5.41) is 3.72. The van der Waals surface area contributed by atoms with E-state index in [0.29, 0.717) is 22.1 Å². The standard InChI is InChI=1S/C26H26N2O5S2/c1-16-6-7-19(12-17(16)2)27-26(29)25-14-18-13-20(8-11-24(18)34-25)28(3)35(30,31)21-9-10-22(32-4)23(15-21)33-5/h6-15H,1-5H3,(H,27,29). The lowest BCUT2D eigenvalue weighted by Gasteiger charge is -2.20. The first-order chi connectivity index (χ1) is 16.6. The highest BCUT2D eigenvalue weighted by Gasteiger charge is 2.24. The Kier molecular flexibility index (Phi) is 6.73. The van der Waals surface area contributed by atoms with Crippen LogP contribution in [0, 0.1) is 13.8 Å². The van der Waals surface area contributed by atoms with Gasteiger partial charge in [0.15, 0.2) is 11.5 Å². The highest BCUT2D eigenvalue weighted by Crippen LogP contribution is 2.34. The second-order valence-electron chi connectivity index (χ2n) is 8.08. The normalized spacial score (nSPS) is 11.3. The fourth-order valence-corrected chi connectivity index (χ4v) is 5.77. The molecule has 0 bridgehead atoms. The Morgan fingerprint density at radius 3 is 2.31 bits per heavy atom. The number of methoxy groups -OCH3 is 2. The summed E-state index contributed by atoms with van der Waals surface area (Å²) in [6.45, 7) is 4.02. The van der Waals surface area contributed by atoms with Crippen LogP contribution in [0.25, 0.3) is 10.1 Å². The van der Waals surface area contributed by atoms with E-state index in [1.807, 2.05) is 38.1 Å². The SMILES string of the molecule is COc1ccc(S(=O)(=O)N(C)c2ccc3sc(C(=O)Nc4ccc(C)c(C)c4)cc3c2)cc1OC. The Labute approximate surface area is 209 Å². The monoisotopic (exact) mass is 510 g/mol. The molecule has 0 saturated heterocycles. The number of amides is 1. The number of thiophene rings is 1. The number of nitrogens with zero attached hydrogens (tertiary/aromatic N) is 1. The molecule has 0 spiro atoms. The van der Waals surface area contributed by atoms with Crippen LogP contribution < -0.4 is 19.1 Å². The third-order valence-corrected chi connectivity index (χ3v) is 8.76. The molecule has 9 heteroatoms. The molecular formula is C26H26N2O5S2.